The lowest BCUT2D eigenvalue weighted by Crippen LogP contribution is -2.53. The molecule has 0 bridgehead atoms. The van der Waals surface area contributed by atoms with Crippen molar-refractivity contribution < 1.29 is 14.0 Å². The summed E-state index contributed by atoms with van der Waals surface area (Å²) < 4.78 is 5.77. The number of amides is 2. The van der Waals surface area contributed by atoms with E-state index in [-0.39, 0.29) is 24.3 Å². The molecule has 0 unspecified atom stereocenters. The first-order valence-electron chi connectivity index (χ1n) is 8.87. The zero-order valence-electron chi connectivity index (χ0n) is 15.1. The summed E-state index contributed by atoms with van der Waals surface area (Å²) in [6, 6.07) is 7.61. The third-order valence-electron chi connectivity index (χ3n) is 4.62. The van der Waals surface area contributed by atoms with Crippen LogP contribution < -0.4 is 16.0 Å². The molecule has 3 N–H and O–H groups in total. The highest BCUT2D eigenvalue weighted by Gasteiger charge is 2.25. The Morgan fingerprint density at radius 1 is 1.23 bits per heavy atom. The molecule has 0 spiro atoms. The molecule has 1 aliphatic heterocycles. The van der Waals surface area contributed by atoms with Gasteiger partial charge in [0.1, 0.15) is 5.52 Å². The zero-order chi connectivity index (χ0) is 18.7. The van der Waals surface area contributed by atoms with E-state index >= 15 is 0 Å². The Bertz CT molecular complexity index is 747. The molecular weight excluding hydrogens is 334 g/mol. The van der Waals surface area contributed by atoms with Crippen molar-refractivity contribution in [2.45, 2.75) is 19.9 Å². The van der Waals surface area contributed by atoms with Gasteiger partial charge in [-0.15, -0.1) is 0 Å². The average Bonchev–Trinajstić information content (AvgIpc) is 3.09. The number of nitrogens with one attached hydrogen (secondary N) is 1. The van der Waals surface area contributed by atoms with Crippen LogP contribution >= 0.6 is 0 Å². The molecule has 26 heavy (non-hydrogen) atoms. The highest BCUT2D eigenvalue weighted by atomic mass is 16.4. The smallest absolute Gasteiger partial charge is 0.298 e. The van der Waals surface area contributed by atoms with Gasteiger partial charge in [0, 0.05) is 26.2 Å². The van der Waals surface area contributed by atoms with Gasteiger partial charge in [0.15, 0.2) is 5.58 Å². The lowest BCUT2D eigenvalue weighted by Gasteiger charge is -2.34. The molecule has 1 atom stereocenters. The summed E-state index contributed by atoms with van der Waals surface area (Å²) in [5.74, 6) is -0.366. The molecule has 1 fully saturated rings. The minimum atomic E-state index is -0.598. The number of benzene rings is 1. The molecule has 2 amide bonds. The van der Waals surface area contributed by atoms with Gasteiger partial charge in [0.05, 0.1) is 12.6 Å². The molecule has 8 heteroatoms. The van der Waals surface area contributed by atoms with Crippen LogP contribution in [0.25, 0.3) is 11.1 Å². The number of piperazine rings is 1. The Morgan fingerprint density at radius 2 is 1.92 bits per heavy atom. The molecule has 8 nitrogen and oxygen atoms in total. The number of rotatable bonds is 5. The summed E-state index contributed by atoms with van der Waals surface area (Å²) in [6.07, 6.45) is 0. The lowest BCUT2D eigenvalue weighted by molar-refractivity contribution is -0.133. The molecule has 2 aromatic rings. The number of hydrogen-bond donors (Lipinski definition) is 2. The maximum absolute atomic E-state index is 12.3. The molecule has 1 aromatic heterocycles. The molecule has 2 heterocycles. The number of fused-ring (bicyclic) bond motifs is 1. The molecule has 140 valence electrons. The summed E-state index contributed by atoms with van der Waals surface area (Å²) in [7, 11) is 0. The maximum atomic E-state index is 12.3. The number of para-hydroxylation sites is 2. The molecule has 3 rings (SSSR count). The lowest BCUT2D eigenvalue weighted by atomic mass is 10.1. The van der Waals surface area contributed by atoms with Crippen molar-refractivity contribution in [3.8, 4) is 0 Å². The fraction of sp³-hybridized carbons (Fsp3) is 0.500. The molecular formula is C18H25N5O3. The number of hydrogen-bond acceptors (Lipinski definition) is 6. The molecule has 1 saturated heterocycles. The summed E-state index contributed by atoms with van der Waals surface area (Å²) in [5.41, 5.74) is 7.36. The van der Waals surface area contributed by atoms with Crippen LogP contribution in [-0.2, 0) is 9.59 Å². The van der Waals surface area contributed by atoms with Gasteiger partial charge in [-0.1, -0.05) is 26.0 Å². The highest BCUT2D eigenvalue weighted by molar-refractivity contribution is 5.87. The largest absolute Gasteiger partial charge is 0.423 e. The van der Waals surface area contributed by atoms with E-state index in [9.17, 15) is 9.59 Å². The van der Waals surface area contributed by atoms with Crippen molar-refractivity contribution >= 4 is 28.9 Å². The standard InChI is InChI=1S/C18H25N5O3/c1-12(2)16(19)17(25)20-11-15(24)22-7-9-23(10-8-22)18-21-13-5-3-4-6-14(13)26-18/h3-6,12,16H,7-11,19H2,1-2H3,(H,20,25)/t16-/m0/s1. The van der Waals surface area contributed by atoms with Crippen LogP contribution in [0.1, 0.15) is 13.8 Å². The molecule has 0 aliphatic carbocycles. The predicted octanol–water partition coefficient (Wildman–Crippen LogP) is 0.576. The van der Waals surface area contributed by atoms with Crippen LogP contribution in [0, 0.1) is 5.92 Å². The van der Waals surface area contributed by atoms with Gasteiger partial charge < -0.3 is 25.3 Å². The van der Waals surface area contributed by atoms with E-state index in [0.29, 0.717) is 32.2 Å². The van der Waals surface area contributed by atoms with Crippen LogP contribution in [0.2, 0.25) is 0 Å². The Kier molecular flexibility index (Phi) is 5.41. The third kappa shape index (κ3) is 3.96. The monoisotopic (exact) mass is 359 g/mol. The quantitative estimate of drug-likeness (QED) is 0.809. The Labute approximate surface area is 152 Å². The minimum Gasteiger partial charge on any atom is -0.423 e. The van der Waals surface area contributed by atoms with Gasteiger partial charge in [-0.05, 0) is 18.1 Å². The summed E-state index contributed by atoms with van der Waals surface area (Å²) in [6.45, 7) is 6.11. The average molecular weight is 359 g/mol. The second-order valence-corrected chi connectivity index (χ2v) is 6.82. The number of anilines is 1. The SMILES string of the molecule is CC(C)[C@H](N)C(=O)NCC(=O)N1CCN(c2nc3ccccc3o2)CC1. The van der Waals surface area contributed by atoms with Crippen LogP contribution in [-0.4, -0.2) is 60.5 Å². The Morgan fingerprint density at radius 3 is 2.58 bits per heavy atom. The van der Waals surface area contributed by atoms with E-state index < -0.39 is 6.04 Å². The molecule has 1 aromatic carbocycles. The molecule has 0 radical (unpaired) electrons. The number of nitrogens with two attached hydrogens (primary N) is 1. The van der Waals surface area contributed by atoms with E-state index in [4.69, 9.17) is 10.2 Å². The normalized spacial score (nSPS) is 16.2. The van der Waals surface area contributed by atoms with Gasteiger partial charge in [-0.25, -0.2) is 0 Å². The second kappa shape index (κ2) is 7.74. The third-order valence-corrected chi connectivity index (χ3v) is 4.62. The Balaban J connectivity index is 1.50. The fourth-order valence-electron chi connectivity index (χ4n) is 2.84. The van der Waals surface area contributed by atoms with Gasteiger partial charge in [0.2, 0.25) is 11.8 Å². The second-order valence-electron chi connectivity index (χ2n) is 6.82. The summed E-state index contributed by atoms with van der Waals surface area (Å²) >= 11 is 0. The maximum Gasteiger partial charge on any atom is 0.298 e. The van der Waals surface area contributed by atoms with Gasteiger partial charge in [0.25, 0.3) is 6.01 Å². The van der Waals surface area contributed by atoms with Gasteiger partial charge >= 0.3 is 0 Å². The van der Waals surface area contributed by atoms with E-state index in [1.807, 2.05) is 43.0 Å². The first kappa shape index (κ1) is 18.2. The molecule has 0 saturated carbocycles. The van der Waals surface area contributed by atoms with E-state index in [1.54, 1.807) is 4.90 Å². The van der Waals surface area contributed by atoms with Crippen LogP contribution in [0.4, 0.5) is 6.01 Å². The van der Waals surface area contributed by atoms with Crippen molar-refractivity contribution in [3.63, 3.8) is 0 Å². The van der Waals surface area contributed by atoms with Crippen molar-refractivity contribution in [2.75, 3.05) is 37.6 Å². The van der Waals surface area contributed by atoms with Crippen molar-refractivity contribution in [2.24, 2.45) is 11.7 Å². The first-order valence-corrected chi connectivity index (χ1v) is 8.87. The number of nitrogens with zero attached hydrogens (tertiary/aromatic N) is 3. The fourth-order valence-corrected chi connectivity index (χ4v) is 2.84. The highest BCUT2D eigenvalue weighted by Crippen LogP contribution is 2.22. The van der Waals surface area contributed by atoms with Crippen molar-refractivity contribution in [1.29, 1.82) is 0 Å². The number of oxazole rings is 1. The topological polar surface area (TPSA) is 105 Å². The van der Waals surface area contributed by atoms with Gasteiger partial charge in [-0.2, -0.15) is 4.98 Å². The predicted molar refractivity (Wildman–Crippen MR) is 98.6 cm³/mol. The van der Waals surface area contributed by atoms with Crippen LogP contribution in [0.3, 0.4) is 0 Å². The van der Waals surface area contributed by atoms with Crippen molar-refractivity contribution in [3.05, 3.63) is 24.3 Å². The number of aromatic nitrogens is 1. The number of carbonyl (C=O) groups excluding carboxylic acids is 2. The zero-order valence-corrected chi connectivity index (χ0v) is 15.1. The van der Waals surface area contributed by atoms with E-state index in [2.05, 4.69) is 10.3 Å². The number of carbonyl (C=O) groups is 2. The molecule has 1 aliphatic rings. The van der Waals surface area contributed by atoms with E-state index in [1.165, 1.54) is 0 Å². The van der Waals surface area contributed by atoms with Crippen LogP contribution in [0.15, 0.2) is 28.7 Å². The van der Waals surface area contributed by atoms with Gasteiger partial charge in [-0.3, -0.25) is 9.59 Å². The van der Waals surface area contributed by atoms with Crippen molar-refractivity contribution in [1.82, 2.24) is 15.2 Å². The first-order chi connectivity index (χ1) is 12.5. The summed E-state index contributed by atoms with van der Waals surface area (Å²) in [4.78, 5) is 32.4. The van der Waals surface area contributed by atoms with Crippen LogP contribution in [0.5, 0.6) is 0 Å². The summed E-state index contributed by atoms with van der Waals surface area (Å²) in [5, 5.41) is 2.62. The Hall–Kier alpha value is -2.61. The minimum absolute atomic E-state index is 0.0257. The van der Waals surface area contributed by atoms with E-state index in [0.717, 1.165) is 11.1 Å².